The molecule has 2 N–H and O–H groups in total. The largest absolute Gasteiger partial charge is 0.491 e. The zero-order valence-corrected chi connectivity index (χ0v) is 14.9. The van der Waals surface area contributed by atoms with Crippen LogP contribution in [-0.2, 0) is 11.2 Å². The smallest absolute Gasteiger partial charge is 0.224 e. The van der Waals surface area contributed by atoms with Crippen LogP contribution in [0.2, 0.25) is 0 Å². The highest BCUT2D eigenvalue weighted by Gasteiger charge is 2.10. The maximum absolute atomic E-state index is 12.8. The standard InChI is InChI=1S/C20H24FNO4/c1-14(2)26-19-5-3-4-15(10-19)11-20(24)22-12-17(23)13-25-18-8-6-16(21)7-9-18/h3-10,14,17,23H,11-13H2,1-2H3,(H,22,24). The summed E-state index contributed by atoms with van der Waals surface area (Å²) in [5, 5.41) is 12.6. The summed E-state index contributed by atoms with van der Waals surface area (Å²) >= 11 is 0. The molecule has 0 heterocycles. The highest BCUT2D eigenvalue weighted by Crippen LogP contribution is 2.15. The van der Waals surface area contributed by atoms with Crippen LogP contribution in [0.15, 0.2) is 48.5 Å². The molecule has 0 saturated heterocycles. The topological polar surface area (TPSA) is 67.8 Å². The van der Waals surface area contributed by atoms with Crippen molar-refractivity contribution >= 4 is 5.91 Å². The number of ether oxygens (including phenoxy) is 2. The van der Waals surface area contributed by atoms with Crippen molar-refractivity contribution in [3.63, 3.8) is 0 Å². The van der Waals surface area contributed by atoms with Crippen molar-refractivity contribution < 1.29 is 23.8 Å². The fraction of sp³-hybridized carbons (Fsp3) is 0.350. The molecule has 0 fully saturated rings. The van der Waals surface area contributed by atoms with E-state index in [0.29, 0.717) is 5.75 Å². The summed E-state index contributed by atoms with van der Waals surface area (Å²) in [5.41, 5.74) is 0.831. The van der Waals surface area contributed by atoms with Crippen LogP contribution in [0.4, 0.5) is 4.39 Å². The van der Waals surface area contributed by atoms with Gasteiger partial charge in [0.1, 0.15) is 30.0 Å². The molecular formula is C20H24FNO4. The minimum Gasteiger partial charge on any atom is -0.491 e. The van der Waals surface area contributed by atoms with E-state index in [-0.39, 0.29) is 37.4 Å². The molecule has 1 unspecified atom stereocenters. The van der Waals surface area contributed by atoms with E-state index in [2.05, 4.69) is 5.32 Å². The Balaban J connectivity index is 1.73. The number of amides is 1. The molecule has 0 aliphatic rings. The monoisotopic (exact) mass is 361 g/mol. The molecular weight excluding hydrogens is 337 g/mol. The van der Waals surface area contributed by atoms with Gasteiger partial charge in [-0.1, -0.05) is 12.1 Å². The van der Waals surface area contributed by atoms with Gasteiger partial charge in [-0.15, -0.1) is 0 Å². The zero-order chi connectivity index (χ0) is 18.9. The van der Waals surface area contributed by atoms with Gasteiger partial charge in [0, 0.05) is 6.54 Å². The summed E-state index contributed by atoms with van der Waals surface area (Å²) in [4.78, 5) is 12.0. The molecule has 26 heavy (non-hydrogen) atoms. The lowest BCUT2D eigenvalue weighted by Crippen LogP contribution is -2.36. The first-order valence-corrected chi connectivity index (χ1v) is 8.51. The first-order chi connectivity index (χ1) is 12.4. The van der Waals surface area contributed by atoms with Crippen LogP contribution in [-0.4, -0.2) is 36.4 Å². The molecule has 2 rings (SSSR count). The molecule has 0 radical (unpaired) electrons. The number of carbonyl (C=O) groups excluding carboxylic acids is 1. The number of aliphatic hydroxyl groups excluding tert-OH is 1. The molecule has 6 heteroatoms. The molecule has 0 aliphatic heterocycles. The Morgan fingerprint density at radius 2 is 1.88 bits per heavy atom. The van der Waals surface area contributed by atoms with Crippen LogP contribution < -0.4 is 14.8 Å². The lowest BCUT2D eigenvalue weighted by Gasteiger charge is -2.14. The minimum atomic E-state index is -0.861. The van der Waals surface area contributed by atoms with Crippen molar-refractivity contribution in [3.05, 3.63) is 59.9 Å². The van der Waals surface area contributed by atoms with Crippen LogP contribution in [0.25, 0.3) is 0 Å². The molecule has 0 saturated carbocycles. The highest BCUT2D eigenvalue weighted by molar-refractivity contribution is 5.78. The van der Waals surface area contributed by atoms with Gasteiger partial charge in [0.05, 0.1) is 12.5 Å². The van der Waals surface area contributed by atoms with E-state index in [9.17, 15) is 14.3 Å². The first-order valence-electron chi connectivity index (χ1n) is 8.51. The Morgan fingerprint density at radius 3 is 2.58 bits per heavy atom. The highest BCUT2D eigenvalue weighted by atomic mass is 19.1. The Bertz CT molecular complexity index is 703. The van der Waals surface area contributed by atoms with E-state index in [0.717, 1.165) is 11.3 Å². The Hall–Kier alpha value is -2.60. The molecule has 0 aliphatic carbocycles. The number of aliphatic hydroxyl groups is 1. The number of hydrogen-bond acceptors (Lipinski definition) is 4. The van der Waals surface area contributed by atoms with Gasteiger partial charge in [0.2, 0.25) is 5.91 Å². The quantitative estimate of drug-likeness (QED) is 0.721. The number of halogens is 1. The molecule has 0 aromatic heterocycles. The van der Waals surface area contributed by atoms with Crippen molar-refractivity contribution in [1.29, 1.82) is 0 Å². The second-order valence-electron chi connectivity index (χ2n) is 6.21. The molecule has 0 spiro atoms. The first kappa shape index (κ1) is 19.7. The van der Waals surface area contributed by atoms with Crippen molar-refractivity contribution in [2.24, 2.45) is 0 Å². The third kappa shape index (κ3) is 7.11. The van der Waals surface area contributed by atoms with Gasteiger partial charge < -0.3 is 19.9 Å². The maximum atomic E-state index is 12.8. The fourth-order valence-corrected chi connectivity index (χ4v) is 2.26. The summed E-state index contributed by atoms with van der Waals surface area (Å²) in [5.74, 6) is 0.623. The average Bonchev–Trinajstić information content (AvgIpc) is 2.59. The summed E-state index contributed by atoms with van der Waals surface area (Å²) in [6, 6.07) is 12.9. The maximum Gasteiger partial charge on any atom is 0.224 e. The van der Waals surface area contributed by atoms with Gasteiger partial charge in [-0.2, -0.15) is 0 Å². The molecule has 1 amide bonds. The second kappa shape index (κ2) is 9.77. The van der Waals surface area contributed by atoms with Crippen LogP contribution in [0, 0.1) is 5.82 Å². The van der Waals surface area contributed by atoms with E-state index in [1.54, 1.807) is 0 Å². The van der Waals surface area contributed by atoms with Crippen molar-refractivity contribution in [1.82, 2.24) is 5.32 Å². The van der Waals surface area contributed by atoms with Gasteiger partial charge in [0.15, 0.2) is 0 Å². The van der Waals surface area contributed by atoms with Crippen molar-refractivity contribution in [2.45, 2.75) is 32.5 Å². The molecule has 1 atom stereocenters. The average molecular weight is 361 g/mol. The number of rotatable bonds is 9. The molecule has 140 valence electrons. The summed E-state index contributed by atoms with van der Waals surface area (Å²) in [6.45, 7) is 3.95. The van der Waals surface area contributed by atoms with E-state index in [1.807, 2.05) is 38.1 Å². The zero-order valence-electron chi connectivity index (χ0n) is 14.9. The summed E-state index contributed by atoms with van der Waals surface area (Å²) in [7, 11) is 0. The summed E-state index contributed by atoms with van der Waals surface area (Å²) in [6.07, 6.45) is -0.601. The predicted octanol–water partition coefficient (Wildman–Crippen LogP) is 2.71. The summed E-state index contributed by atoms with van der Waals surface area (Å²) < 4.78 is 23.7. The van der Waals surface area contributed by atoms with Crippen LogP contribution in [0.5, 0.6) is 11.5 Å². The molecule has 0 bridgehead atoms. The predicted molar refractivity (Wildman–Crippen MR) is 96.8 cm³/mol. The van der Waals surface area contributed by atoms with Crippen molar-refractivity contribution in [2.75, 3.05) is 13.2 Å². The van der Waals surface area contributed by atoms with Crippen molar-refractivity contribution in [3.8, 4) is 11.5 Å². The molecule has 2 aromatic carbocycles. The molecule has 2 aromatic rings. The third-order valence-corrected chi connectivity index (χ3v) is 3.43. The van der Waals surface area contributed by atoms with Gasteiger partial charge >= 0.3 is 0 Å². The van der Waals surface area contributed by atoms with Crippen LogP contribution >= 0.6 is 0 Å². The van der Waals surface area contributed by atoms with Gasteiger partial charge in [-0.25, -0.2) is 4.39 Å². The Kier molecular flexibility index (Phi) is 7.41. The van der Waals surface area contributed by atoms with Gasteiger partial charge in [-0.05, 0) is 55.8 Å². The lowest BCUT2D eigenvalue weighted by atomic mass is 10.1. The Morgan fingerprint density at radius 1 is 1.15 bits per heavy atom. The number of hydrogen-bond donors (Lipinski definition) is 2. The number of nitrogens with one attached hydrogen (secondary N) is 1. The second-order valence-corrected chi connectivity index (χ2v) is 6.21. The third-order valence-electron chi connectivity index (χ3n) is 3.43. The number of benzene rings is 2. The van der Waals surface area contributed by atoms with E-state index < -0.39 is 6.10 Å². The fourth-order valence-electron chi connectivity index (χ4n) is 2.26. The van der Waals surface area contributed by atoms with E-state index >= 15 is 0 Å². The van der Waals surface area contributed by atoms with E-state index in [4.69, 9.17) is 9.47 Å². The lowest BCUT2D eigenvalue weighted by molar-refractivity contribution is -0.121. The van der Waals surface area contributed by atoms with Crippen LogP contribution in [0.3, 0.4) is 0 Å². The molecule has 5 nitrogen and oxygen atoms in total. The minimum absolute atomic E-state index is 0.00360. The SMILES string of the molecule is CC(C)Oc1cccc(CC(=O)NCC(O)COc2ccc(F)cc2)c1. The number of carbonyl (C=O) groups is 1. The Labute approximate surface area is 152 Å². The van der Waals surface area contributed by atoms with Gasteiger partial charge in [-0.3, -0.25) is 4.79 Å². The normalized spacial score (nSPS) is 11.9. The van der Waals surface area contributed by atoms with Crippen LogP contribution in [0.1, 0.15) is 19.4 Å². The van der Waals surface area contributed by atoms with Gasteiger partial charge in [0.25, 0.3) is 0 Å². The van der Waals surface area contributed by atoms with E-state index in [1.165, 1.54) is 24.3 Å².